The number of carboxylic acids is 1. The topological polar surface area (TPSA) is 105 Å². The van der Waals surface area contributed by atoms with E-state index in [4.69, 9.17) is 9.84 Å². The van der Waals surface area contributed by atoms with E-state index >= 15 is 0 Å². The molecule has 0 spiro atoms. The number of carbonyl (C=O) groups is 3. The Labute approximate surface area is 195 Å². The monoisotopic (exact) mass is 462 g/mol. The highest BCUT2D eigenvalue weighted by molar-refractivity contribution is 5.96. The summed E-state index contributed by atoms with van der Waals surface area (Å²) in [4.78, 5) is 36.3. The lowest BCUT2D eigenvalue weighted by atomic mass is 9.98. The van der Waals surface area contributed by atoms with Crippen molar-refractivity contribution < 1.29 is 28.6 Å². The molecule has 1 aliphatic rings. The highest BCUT2D eigenvalue weighted by atomic mass is 19.1. The largest absolute Gasteiger partial charge is 0.481 e. The number of aliphatic carboxylic acids is 1. The molecule has 2 amide bonds. The lowest BCUT2D eigenvalue weighted by Crippen LogP contribution is -2.44. The van der Waals surface area contributed by atoms with Crippen LogP contribution in [0.25, 0.3) is 11.1 Å². The summed E-state index contributed by atoms with van der Waals surface area (Å²) in [5.41, 5.74) is 4.45. The predicted octanol–water partition coefficient (Wildman–Crippen LogP) is 4.54. The zero-order valence-electron chi connectivity index (χ0n) is 18.2. The zero-order valence-corrected chi connectivity index (χ0v) is 18.2. The van der Waals surface area contributed by atoms with Crippen LogP contribution in [0.2, 0.25) is 0 Å². The number of alkyl carbamates (subject to hydrolysis) is 1. The Hall–Kier alpha value is -4.20. The highest BCUT2D eigenvalue weighted by Crippen LogP contribution is 2.44. The third kappa shape index (κ3) is 5.23. The first kappa shape index (κ1) is 23.0. The molecule has 8 heteroatoms. The standard InChI is InChI=1S/C26H23FN2O5/c27-16-6-5-7-17(14-16)28-25(32)23(12-13-24(30)31)29-26(33)34-15-22-20-10-3-1-8-18(20)19-9-2-4-11-21(19)22/h1-11,14,22-23H,12-13,15H2,(H,28,32)(H,29,33)(H,30,31). The Bertz CT molecular complexity index is 1180. The van der Waals surface area contributed by atoms with Crippen molar-refractivity contribution in [1.29, 1.82) is 0 Å². The van der Waals surface area contributed by atoms with Crippen LogP contribution in [-0.2, 0) is 14.3 Å². The Morgan fingerprint density at radius 1 is 0.941 bits per heavy atom. The fourth-order valence-electron chi connectivity index (χ4n) is 4.11. The van der Waals surface area contributed by atoms with Crippen molar-refractivity contribution in [1.82, 2.24) is 5.32 Å². The van der Waals surface area contributed by atoms with Gasteiger partial charge in [-0.25, -0.2) is 9.18 Å². The Kier molecular flexibility index (Phi) is 6.87. The van der Waals surface area contributed by atoms with Crippen LogP contribution >= 0.6 is 0 Å². The third-order valence-corrected chi connectivity index (χ3v) is 5.69. The Balaban J connectivity index is 1.43. The summed E-state index contributed by atoms with van der Waals surface area (Å²) in [7, 11) is 0. The second kappa shape index (κ2) is 10.2. The van der Waals surface area contributed by atoms with Gasteiger partial charge in [-0.1, -0.05) is 54.6 Å². The van der Waals surface area contributed by atoms with Gasteiger partial charge in [-0.05, 0) is 46.9 Å². The molecule has 0 fully saturated rings. The SMILES string of the molecule is O=C(O)CCC(NC(=O)OCC1c2ccccc2-c2ccccc21)C(=O)Nc1cccc(F)c1. The van der Waals surface area contributed by atoms with E-state index in [0.29, 0.717) is 0 Å². The number of ether oxygens (including phenoxy) is 1. The number of benzene rings is 3. The quantitative estimate of drug-likeness (QED) is 0.456. The molecule has 0 saturated carbocycles. The number of amides is 2. The van der Waals surface area contributed by atoms with Gasteiger partial charge in [-0.3, -0.25) is 9.59 Å². The summed E-state index contributed by atoms with van der Waals surface area (Å²) >= 11 is 0. The van der Waals surface area contributed by atoms with Gasteiger partial charge in [-0.2, -0.15) is 0 Å². The van der Waals surface area contributed by atoms with E-state index in [1.165, 1.54) is 18.2 Å². The number of hydrogen-bond acceptors (Lipinski definition) is 4. The van der Waals surface area contributed by atoms with E-state index in [0.717, 1.165) is 28.3 Å². The van der Waals surface area contributed by atoms with E-state index in [9.17, 15) is 18.8 Å². The molecular weight excluding hydrogens is 439 g/mol. The van der Waals surface area contributed by atoms with Gasteiger partial charge >= 0.3 is 12.1 Å². The van der Waals surface area contributed by atoms with Crippen LogP contribution < -0.4 is 10.6 Å². The summed E-state index contributed by atoms with van der Waals surface area (Å²) in [5.74, 6) is -2.47. The van der Waals surface area contributed by atoms with E-state index in [2.05, 4.69) is 10.6 Å². The number of fused-ring (bicyclic) bond motifs is 3. The minimum Gasteiger partial charge on any atom is -0.481 e. The molecule has 3 aromatic rings. The van der Waals surface area contributed by atoms with Crippen LogP contribution in [0.3, 0.4) is 0 Å². The van der Waals surface area contributed by atoms with Gasteiger partial charge in [0.05, 0.1) is 0 Å². The molecule has 174 valence electrons. The number of halogens is 1. The van der Waals surface area contributed by atoms with Crippen LogP contribution in [-0.4, -0.2) is 35.7 Å². The molecule has 0 aromatic heterocycles. The molecule has 0 heterocycles. The normalized spacial score (nSPS) is 12.9. The van der Waals surface area contributed by atoms with Crippen molar-refractivity contribution in [2.24, 2.45) is 0 Å². The summed E-state index contributed by atoms with van der Waals surface area (Å²) < 4.78 is 18.9. The molecule has 3 aromatic carbocycles. The minimum atomic E-state index is -1.17. The van der Waals surface area contributed by atoms with Crippen LogP contribution in [0.1, 0.15) is 29.9 Å². The summed E-state index contributed by atoms with van der Waals surface area (Å²) in [6.45, 7) is 0.0526. The lowest BCUT2D eigenvalue weighted by Gasteiger charge is -2.19. The maximum atomic E-state index is 13.4. The van der Waals surface area contributed by atoms with Gasteiger partial charge < -0.3 is 20.5 Å². The maximum Gasteiger partial charge on any atom is 0.407 e. The van der Waals surface area contributed by atoms with E-state index in [1.807, 2.05) is 48.5 Å². The Morgan fingerprint density at radius 2 is 1.59 bits per heavy atom. The molecule has 34 heavy (non-hydrogen) atoms. The van der Waals surface area contributed by atoms with Crippen LogP contribution in [0.15, 0.2) is 72.8 Å². The molecule has 1 atom stereocenters. The van der Waals surface area contributed by atoms with Crippen LogP contribution in [0, 0.1) is 5.82 Å². The first-order chi connectivity index (χ1) is 16.4. The van der Waals surface area contributed by atoms with Gasteiger partial charge in [-0.15, -0.1) is 0 Å². The fraction of sp³-hybridized carbons (Fsp3) is 0.192. The van der Waals surface area contributed by atoms with Gasteiger partial charge in [0.25, 0.3) is 0 Å². The molecule has 7 nitrogen and oxygen atoms in total. The smallest absolute Gasteiger partial charge is 0.407 e. The molecule has 0 aliphatic heterocycles. The molecular formula is C26H23FN2O5. The average molecular weight is 462 g/mol. The van der Waals surface area contributed by atoms with Crippen molar-refractivity contribution in [3.05, 3.63) is 89.7 Å². The lowest BCUT2D eigenvalue weighted by molar-refractivity contribution is -0.137. The van der Waals surface area contributed by atoms with Crippen molar-refractivity contribution in [3.8, 4) is 11.1 Å². The van der Waals surface area contributed by atoms with Crippen molar-refractivity contribution in [3.63, 3.8) is 0 Å². The van der Waals surface area contributed by atoms with Gasteiger partial charge in [0.1, 0.15) is 18.5 Å². The Morgan fingerprint density at radius 3 is 2.21 bits per heavy atom. The molecule has 1 unspecified atom stereocenters. The number of anilines is 1. The molecule has 1 aliphatic carbocycles. The van der Waals surface area contributed by atoms with Crippen molar-refractivity contribution in [2.75, 3.05) is 11.9 Å². The number of hydrogen-bond donors (Lipinski definition) is 3. The van der Waals surface area contributed by atoms with E-state index in [-0.39, 0.29) is 31.1 Å². The molecule has 3 N–H and O–H groups in total. The van der Waals surface area contributed by atoms with Crippen molar-refractivity contribution >= 4 is 23.7 Å². The zero-order chi connectivity index (χ0) is 24.1. The molecule has 0 radical (unpaired) electrons. The first-order valence-electron chi connectivity index (χ1n) is 10.8. The summed E-state index contributed by atoms with van der Waals surface area (Å²) in [6.07, 6.45) is -1.34. The van der Waals surface area contributed by atoms with Crippen LogP contribution in [0.4, 0.5) is 14.9 Å². The highest BCUT2D eigenvalue weighted by Gasteiger charge is 2.30. The average Bonchev–Trinajstić information content (AvgIpc) is 3.14. The minimum absolute atomic E-state index is 0.0526. The molecule has 0 saturated heterocycles. The fourth-order valence-corrected chi connectivity index (χ4v) is 4.11. The third-order valence-electron chi connectivity index (χ3n) is 5.69. The van der Waals surface area contributed by atoms with Crippen LogP contribution in [0.5, 0.6) is 0 Å². The number of carbonyl (C=O) groups excluding carboxylic acids is 2. The van der Waals surface area contributed by atoms with E-state index < -0.39 is 29.8 Å². The first-order valence-corrected chi connectivity index (χ1v) is 10.8. The predicted molar refractivity (Wildman–Crippen MR) is 124 cm³/mol. The number of carboxylic acid groups (broad SMARTS) is 1. The second-order valence-corrected chi connectivity index (χ2v) is 7.95. The van der Waals surface area contributed by atoms with E-state index in [1.54, 1.807) is 0 Å². The maximum absolute atomic E-state index is 13.4. The second-order valence-electron chi connectivity index (χ2n) is 7.95. The van der Waals surface area contributed by atoms with Gasteiger partial charge in [0.15, 0.2) is 0 Å². The van der Waals surface area contributed by atoms with Gasteiger partial charge in [0, 0.05) is 18.0 Å². The van der Waals surface area contributed by atoms with Crippen molar-refractivity contribution in [2.45, 2.75) is 24.8 Å². The summed E-state index contributed by atoms with van der Waals surface area (Å²) in [6, 6.07) is 19.9. The summed E-state index contributed by atoms with van der Waals surface area (Å²) in [5, 5.41) is 14.0. The number of rotatable bonds is 8. The molecule has 4 rings (SSSR count). The molecule has 0 bridgehead atoms. The number of nitrogens with one attached hydrogen (secondary N) is 2. The van der Waals surface area contributed by atoms with Gasteiger partial charge in [0.2, 0.25) is 5.91 Å².